The van der Waals surface area contributed by atoms with E-state index in [-0.39, 0.29) is 23.5 Å². The predicted molar refractivity (Wildman–Crippen MR) is 75.8 cm³/mol. The molecule has 0 aliphatic carbocycles. The number of nitrogens with one attached hydrogen (secondary N) is 2. The first-order valence-corrected chi connectivity index (χ1v) is 6.09. The minimum absolute atomic E-state index is 0.0178. The van der Waals surface area contributed by atoms with Gasteiger partial charge in [0, 0.05) is 25.1 Å². The Labute approximate surface area is 121 Å². The summed E-state index contributed by atoms with van der Waals surface area (Å²) in [5, 5.41) is 16.0. The van der Waals surface area contributed by atoms with Crippen LogP contribution in [0.4, 0.5) is 11.5 Å². The molecule has 21 heavy (non-hydrogen) atoms. The Bertz CT molecular complexity index is 585. The second kappa shape index (κ2) is 6.16. The van der Waals surface area contributed by atoms with Crippen molar-refractivity contribution >= 4 is 23.3 Å². The van der Waals surface area contributed by atoms with E-state index in [0.717, 1.165) is 12.3 Å². The van der Waals surface area contributed by atoms with Gasteiger partial charge >= 0.3 is 0 Å². The molecular weight excluding hydrogens is 278 g/mol. The van der Waals surface area contributed by atoms with Crippen molar-refractivity contribution in [2.24, 2.45) is 5.73 Å². The minimum Gasteiger partial charge on any atom is -0.372 e. The maximum atomic E-state index is 12.2. The Balaban J connectivity index is 3.08. The molecule has 0 spiro atoms. The first-order chi connectivity index (χ1) is 9.66. The van der Waals surface area contributed by atoms with E-state index in [1.165, 1.54) is 0 Å². The van der Waals surface area contributed by atoms with Crippen molar-refractivity contribution in [1.82, 2.24) is 10.3 Å². The molecule has 1 heterocycles. The number of hydrogen-bond acceptors (Lipinski definition) is 6. The summed E-state index contributed by atoms with van der Waals surface area (Å²) in [4.78, 5) is 37.1. The largest absolute Gasteiger partial charge is 0.372 e. The molecule has 0 aliphatic rings. The fourth-order valence-electron chi connectivity index (χ4n) is 1.78. The van der Waals surface area contributed by atoms with Gasteiger partial charge in [-0.1, -0.05) is 0 Å². The summed E-state index contributed by atoms with van der Waals surface area (Å²) in [6, 6.07) is 1.12. The number of primary amides is 1. The summed E-state index contributed by atoms with van der Waals surface area (Å²) in [7, 11) is 1.54. The van der Waals surface area contributed by atoms with Gasteiger partial charge in [-0.2, -0.15) is 0 Å². The standard InChI is InChI=1S/C12H17N5O4/c1-12(2,5-9(13)18)16-11(19)8-4-7(17(20)21)6-15-10(8)14-3/h4,6H,5H2,1-3H3,(H2,13,18)(H,14,15)(H,16,19). The van der Waals surface area contributed by atoms with Gasteiger partial charge in [0.1, 0.15) is 12.0 Å². The normalized spacial score (nSPS) is 10.8. The first-order valence-electron chi connectivity index (χ1n) is 6.09. The topological polar surface area (TPSA) is 140 Å². The van der Waals surface area contributed by atoms with E-state index < -0.39 is 22.3 Å². The molecule has 0 bridgehead atoms. The summed E-state index contributed by atoms with van der Waals surface area (Å²) < 4.78 is 0. The van der Waals surface area contributed by atoms with Crippen molar-refractivity contribution in [1.29, 1.82) is 0 Å². The quantitative estimate of drug-likeness (QED) is 0.513. The summed E-state index contributed by atoms with van der Waals surface area (Å²) in [5.74, 6) is -0.943. The van der Waals surface area contributed by atoms with Crippen LogP contribution in [0.2, 0.25) is 0 Å². The third-order valence-corrected chi connectivity index (χ3v) is 2.63. The number of rotatable bonds is 6. The van der Waals surface area contributed by atoms with Crippen LogP contribution in [0.5, 0.6) is 0 Å². The van der Waals surface area contributed by atoms with Gasteiger partial charge in [-0.15, -0.1) is 0 Å². The lowest BCUT2D eigenvalue weighted by molar-refractivity contribution is -0.385. The molecule has 9 heteroatoms. The van der Waals surface area contributed by atoms with Gasteiger partial charge in [0.25, 0.3) is 11.6 Å². The SMILES string of the molecule is CNc1ncc([N+](=O)[O-])cc1C(=O)NC(C)(C)CC(N)=O. The van der Waals surface area contributed by atoms with Crippen LogP contribution in [0.25, 0.3) is 0 Å². The Morgan fingerprint density at radius 2 is 2.10 bits per heavy atom. The summed E-state index contributed by atoms with van der Waals surface area (Å²) in [6.45, 7) is 3.25. The fraction of sp³-hybridized carbons (Fsp3) is 0.417. The molecule has 0 aliphatic heterocycles. The van der Waals surface area contributed by atoms with Gasteiger partial charge in [0.2, 0.25) is 5.91 Å². The van der Waals surface area contributed by atoms with Gasteiger partial charge in [0.15, 0.2) is 0 Å². The monoisotopic (exact) mass is 295 g/mol. The summed E-state index contributed by atoms with van der Waals surface area (Å²) in [5.41, 5.74) is 3.95. The highest BCUT2D eigenvalue weighted by Gasteiger charge is 2.26. The molecule has 0 fully saturated rings. The van der Waals surface area contributed by atoms with E-state index in [1.807, 2.05) is 0 Å². The number of aromatic nitrogens is 1. The number of amides is 2. The van der Waals surface area contributed by atoms with E-state index in [9.17, 15) is 19.7 Å². The number of nitrogens with two attached hydrogens (primary N) is 1. The maximum absolute atomic E-state index is 12.2. The Morgan fingerprint density at radius 3 is 2.57 bits per heavy atom. The van der Waals surface area contributed by atoms with Crippen LogP contribution in [-0.2, 0) is 4.79 Å². The molecule has 114 valence electrons. The minimum atomic E-state index is -0.876. The van der Waals surface area contributed by atoms with E-state index in [4.69, 9.17) is 5.73 Å². The van der Waals surface area contributed by atoms with Crippen molar-refractivity contribution in [3.63, 3.8) is 0 Å². The number of nitro groups is 1. The van der Waals surface area contributed by atoms with Crippen LogP contribution in [0, 0.1) is 10.1 Å². The molecule has 9 nitrogen and oxygen atoms in total. The van der Waals surface area contributed by atoms with Crippen LogP contribution < -0.4 is 16.4 Å². The average Bonchev–Trinajstić information content (AvgIpc) is 2.35. The van der Waals surface area contributed by atoms with Gasteiger partial charge in [-0.05, 0) is 13.8 Å². The molecule has 0 aromatic carbocycles. The number of anilines is 1. The zero-order valence-electron chi connectivity index (χ0n) is 12.0. The molecule has 0 radical (unpaired) electrons. The van der Waals surface area contributed by atoms with Gasteiger partial charge in [-0.3, -0.25) is 19.7 Å². The number of pyridine rings is 1. The van der Waals surface area contributed by atoms with Crippen LogP contribution in [-0.4, -0.2) is 34.3 Å². The predicted octanol–water partition coefficient (Wildman–Crippen LogP) is 0.415. The fourth-order valence-corrected chi connectivity index (χ4v) is 1.78. The van der Waals surface area contributed by atoms with E-state index >= 15 is 0 Å². The van der Waals surface area contributed by atoms with Crippen molar-refractivity contribution < 1.29 is 14.5 Å². The highest BCUT2D eigenvalue weighted by Crippen LogP contribution is 2.20. The van der Waals surface area contributed by atoms with E-state index in [0.29, 0.717) is 0 Å². The Morgan fingerprint density at radius 1 is 1.48 bits per heavy atom. The third kappa shape index (κ3) is 4.41. The maximum Gasteiger partial charge on any atom is 0.288 e. The van der Waals surface area contributed by atoms with Crippen molar-refractivity contribution in [2.45, 2.75) is 25.8 Å². The molecular formula is C12H17N5O4. The third-order valence-electron chi connectivity index (χ3n) is 2.63. The van der Waals surface area contributed by atoms with Crippen LogP contribution >= 0.6 is 0 Å². The lowest BCUT2D eigenvalue weighted by atomic mass is 9.99. The first kappa shape index (κ1) is 16.3. The number of carbonyl (C=O) groups is 2. The number of hydrogen-bond donors (Lipinski definition) is 3. The van der Waals surface area contributed by atoms with Crippen molar-refractivity contribution in [3.05, 3.63) is 27.9 Å². The van der Waals surface area contributed by atoms with Gasteiger partial charge < -0.3 is 16.4 Å². The average molecular weight is 295 g/mol. The molecule has 0 saturated carbocycles. The lowest BCUT2D eigenvalue weighted by Crippen LogP contribution is -2.46. The van der Waals surface area contributed by atoms with Gasteiger partial charge in [0.05, 0.1) is 10.5 Å². The Hall–Kier alpha value is -2.71. The number of carbonyl (C=O) groups excluding carboxylic acids is 2. The van der Waals surface area contributed by atoms with E-state index in [2.05, 4.69) is 15.6 Å². The molecule has 0 atom stereocenters. The number of nitrogens with zero attached hydrogens (tertiary/aromatic N) is 2. The zero-order chi connectivity index (χ0) is 16.2. The van der Waals surface area contributed by atoms with Crippen LogP contribution in [0.1, 0.15) is 30.6 Å². The van der Waals surface area contributed by atoms with E-state index in [1.54, 1.807) is 20.9 Å². The molecule has 2 amide bonds. The van der Waals surface area contributed by atoms with Crippen LogP contribution in [0.3, 0.4) is 0 Å². The Kier molecular flexibility index (Phi) is 4.79. The lowest BCUT2D eigenvalue weighted by Gasteiger charge is -2.25. The smallest absolute Gasteiger partial charge is 0.288 e. The van der Waals surface area contributed by atoms with Crippen LogP contribution in [0.15, 0.2) is 12.3 Å². The highest BCUT2D eigenvalue weighted by atomic mass is 16.6. The van der Waals surface area contributed by atoms with Crippen molar-refractivity contribution in [3.8, 4) is 0 Å². The molecule has 1 rings (SSSR count). The van der Waals surface area contributed by atoms with Gasteiger partial charge in [-0.25, -0.2) is 4.98 Å². The molecule has 0 unspecified atom stereocenters. The molecule has 4 N–H and O–H groups in total. The zero-order valence-corrected chi connectivity index (χ0v) is 12.0. The summed E-state index contributed by atoms with van der Waals surface area (Å²) in [6.07, 6.45) is 0.993. The second-order valence-electron chi connectivity index (χ2n) is 5.08. The molecule has 0 saturated heterocycles. The highest BCUT2D eigenvalue weighted by molar-refractivity contribution is 6.00. The molecule has 1 aromatic rings. The second-order valence-corrected chi connectivity index (χ2v) is 5.08. The van der Waals surface area contributed by atoms with Crippen molar-refractivity contribution in [2.75, 3.05) is 12.4 Å². The molecule has 1 aromatic heterocycles. The summed E-state index contributed by atoms with van der Waals surface area (Å²) >= 11 is 0.